The van der Waals surface area contributed by atoms with Gasteiger partial charge in [0.05, 0.1) is 11.3 Å². The number of hydrogen-bond acceptors (Lipinski definition) is 5. The van der Waals surface area contributed by atoms with Gasteiger partial charge in [-0.1, -0.05) is 42.5 Å². The fraction of sp³-hybridized carbons (Fsp3) is 0.333. The molecule has 10 nitrogen and oxygen atoms in total. The smallest absolute Gasteiger partial charge is 0.410 e. The highest BCUT2D eigenvalue weighted by Gasteiger charge is 2.34. The van der Waals surface area contributed by atoms with E-state index in [-0.39, 0.29) is 23.9 Å². The van der Waals surface area contributed by atoms with Crippen LogP contribution in [0.4, 0.5) is 16.2 Å². The number of carbonyl (C=O) groups excluding carboxylic acids is 3. The van der Waals surface area contributed by atoms with Gasteiger partial charge in [-0.3, -0.25) is 14.5 Å². The Balaban J connectivity index is 1.34. The topological polar surface area (TPSA) is 104 Å². The Labute approximate surface area is 323 Å². The molecule has 0 fully saturated rings. The second kappa shape index (κ2) is 14.3. The van der Waals surface area contributed by atoms with Crippen molar-refractivity contribution in [3.63, 3.8) is 0 Å². The van der Waals surface area contributed by atoms with Gasteiger partial charge in [0.25, 0.3) is 11.8 Å². The Morgan fingerprint density at radius 1 is 0.818 bits per heavy atom. The minimum Gasteiger partial charge on any atom is -0.444 e. The Hall–Kier alpha value is -6.08. The molecule has 10 heteroatoms. The van der Waals surface area contributed by atoms with E-state index in [0.29, 0.717) is 54.3 Å². The fourth-order valence-electron chi connectivity index (χ4n) is 7.84. The highest BCUT2D eigenvalue weighted by Crippen LogP contribution is 2.38. The molecule has 282 valence electrons. The van der Waals surface area contributed by atoms with E-state index in [1.165, 1.54) is 5.56 Å². The standard InChI is InChI=1S/C45H48N6O4/c1-28-20-31-14-12-13-15-33(31)27-50(28)42(52)39-22-34-26-49(44(54)55-45(4,5)6)19-18-32(34)21-38(39)41-24-37(29(2)48(41)8)43(53)51(35-16-10-9-11-17-35)40-23-36(25-46)47(7)30(40)3/h9-17,21-24,28H,18-20,26-27H2,1-8H3/t28-/m1/s1. The van der Waals surface area contributed by atoms with Crippen LogP contribution >= 0.6 is 0 Å². The number of anilines is 2. The summed E-state index contributed by atoms with van der Waals surface area (Å²) >= 11 is 0. The van der Waals surface area contributed by atoms with Crippen LogP contribution in [-0.2, 0) is 44.8 Å². The third kappa shape index (κ3) is 6.91. The average molecular weight is 737 g/mol. The van der Waals surface area contributed by atoms with Crippen LogP contribution in [0.3, 0.4) is 0 Å². The number of aromatic nitrogens is 2. The number of rotatable bonds is 5. The van der Waals surface area contributed by atoms with Crippen LogP contribution in [0.1, 0.15) is 87.7 Å². The van der Waals surface area contributed by atoms with Gasteiger partial charge in [-0.05, 0) is 113 Å². The largest absolute Gasteiger partial charge is 0.444 e. The molecule has 2 aliphatic rings. The summed E-state index contributed by atoms with van der Waals surface area (Å²) in [6.07, 6.45) is 0.962. The number of carbonyl (C=O) groups is 3. The predicted octanol–water partition coefficient (Wildman–Crippen LogP) is 8.38. The molecule has 5 aromatic rings. The van der Waals surface area contributed by atoms with Crippen molar-refractivity contribution in [2.75, 3.05) is 11.4 Å². The zero-order valence-corrected chi connectivity index (χ0v) is 32.9. The van der Waals surface area contributed by atoms with E-state index in [0.717, 1.165) is 45.8 Å². The van der Waals surface area contributed by atoms with Gasteiger partial charge in [0, 0.05) is 73.7 Å². The molecule has 7 rings (SSSR count). The first kappa shape index (κ1) is 37.2. The molecule has 55 heavy (non-hydrogen) atoms. The highest BCUT2D eigenvalue weighted by molar-refractivity contribution is 6.13. The number of para-hydroxylation sites is 1. The van der Waals surface area contributed by atoms with Gasteiger partial charge in [0.15, 0.2) is 0 Å². The van der Waals surface area contributed by atoms with Crippen LogP contribution in [0.5, 0.6) is 0 Å². The number of ether oxygens (including phenoxy) is 1. The lowest BCUT2D eigenvalue weighted by Gasteiger charge is -2.36. The summed E-state index contributed by atoms with van der Waals surface area (Å²) in [4.78, 5) is 48.3. The van der Waals surface area contributed by atoms with Crippen LogP contribution in [0.2, 0.25) is 0 Å². The summed E-state index contributed by atoms with van der Waals surface area (Å²) in [7, 11) is 3.74. The Bertz CT molecular complexity index is 2370. The normalized spacial score (nSPS) is 15.2. The number of fused-ring (bicyclic) bond motifs is 2. The maximum Gasteiger partial charge on any atom is 0.410 e. The monoisotopic (exact) mass is 736 g/mol. The molecule has 0 saturated carbocycles. The van der Waals surface area contributed by atoms with Crippen molar-refractivity contribution >= 4 is 29.3 Å². The van der Waals surface area contributed by atoms with Gasteiger partial charge in [-0.15, -0.1) is 0 Å². The molecule has 0 bridgehead atoms. The maximum absolute atomic E-state index is 14.9. The second-order valence-corrected chi connectivity index (χ2v) is 15.8. The number of hydrogen-bond donors (Lipinski definition) is 0. The predicted molar refractivity (Wildman–Crippen MR) is 213 cm³/mol. The van der Waals surface area contributed by atoms with E-state index in [1.807, 2.05) is 113 Å². The summed E-state index contributed by atoms with van der Waals surface area (Å²) in [5.41, 5.74) is 9.44. The summed E-state index contributed by atoms with van der Waals surface area (Å²) in [6, 6.07) is 27.6. The zero-order chi connectivity index (χ0) is 39.3. The Morgan fingerprint density at radius 3 is 2.18 bits per heavy atom. The lowest BCUT2D eigenvalue weighted by Crippen LogP contribution is -2.43. The van der Waals surface area contributed by atoms with E-state index in [4.69, 9.17) is 4.74 Å². The molecule has 4 heterocycles. The molecular weight excluding hydrogens is 689 g/mol. The number of amides is 3. The molecule has 3 amide bonds. The molecule has 0 radical (unpaired) electrons. The molecule has 3 aromatic carbocycles. The first-order chi connectivity index (χ1) is 26.2. The summed E-state index contributed by atoms with van der Waals surface area (Å²) in [5, 5.41) is 9.84. The average Bonchev–Trinajstić information content (AvgIpc) is 3.62. The first-order valence-corrected chi connectivity index (χ1v) is 18.8. The first-order valence-electron chi connectivity index (χ1n) is 18.8. The number of nitrogens with zero attached hydrogens (tertiary/aromatic N) is 6. The summed E-state index contributed by atoms with van der Waals surface area (Å²) < 4.78 is 9.49. The summed E-state index contributed by atoms with van der Waals surface area (Å²) in [6.45, 7) is 12.8. The minimum absolute atomic E-state index is 0.0383. The van der Waals surface area contributed by atoms with Crippen molar-refractivity contribution < 1.29 is 19.1 Å². The summed E-state index contributed by atoms with van der Waals surface area (Å²) in [5.74, 6) is -0.348. The fourth-order valence-corrected chi connectivity index (χ4v) is 7.84. The van der Waals surface area contributed by atoms with Gasteiger partial charge < -0.3 is 23.7 Å². The van der Waals surface area contributed by atoms with Crippen LogP contribution in [-0.4, -0.2) is 55.0 Å². The third-order valence-corrected chi connectivity index (χ3v) is 11.1. The molecule has 1 atom stereocenters. The van der Waals surface area contributed by atoms with Crippen molar-refractivity contribution in [3.05, 3.63) is 129 Å². The van der Waals surface area contributed by atoms with Crippen LogP contribution in [0.25, 0.3) is 11.3 Å². The van der Waals surface area contributed by atoms with Crippen LogP contribution in [0.15, 0.2) is 78.9 Å². The zero-order valence-electron chi connectivity index (χ0n) is 32.9. The Kier molecular flexibility index (Phi) is 9.68. The van der Waals surface area contributed by atoms with Crippen LogP contribution < -0.4 is 4.90 Å². The van der Waals surface area contributed by atoms with Gasteiger partial charge in [-0.2, -0.15) is 5.26 Å². The second-order valence-electron chi connectivity index (χ2n) is 15.8. The molecule has 0 unspecified atom stereocenters. The van der Waals surface area contributed by atoms with Crippen molar-refractivity contribution in [2.45, 2.75) is 79.1 Å². The van der Waals surface area contributed by atoms with E-state index in [2.05, 4.69) is 31.2 Å². The molecule has 2 aliphatic heterocycles. The van der Waals surface area contributed by atoms with Crippen molar-refractivity contribution in [2.24, 2.45) is 14.1 Å². The van der Waals surface area contributed by atoms with E-state index < -0.39 is 5.60 Å². The minimum atomic E-state index is -0.629. The van der Waals surface area contributed by atoms with Crippen molar-refractivity contribution in [1.82, 2.24) is 18.9 Å². The lowest BCUT2D eigenvalue weighted by molar-refractivity contribution is 0.0224. The van der Waals surface area contributed by atoms with Crippen molar-refractivity contribution in [3.8, 4) is 17.3 Å². The number of nitriles is 1. The van der Waals surface area contributed by atoms with E-state index in [1.54, 1.807) is 20.4 Å². The third-order valence-electron chi connectivity index (χ3n) is 11.1. The van der Waals surface area contributed by atoms with E-state index >= 15 is 0 Å². The van der Waals surface area contributed by atoms with Crippen molar-refractivity contribution in [1.29, 1.82) is 5.26 Å². The van der Waals surface area contributed by atoms with Gasteiger partial charge >= 0.3 is 6.09 Å². The molecule has 0 spiro atoms. The molecule has 0 aliphatic carbocycles. The highest BCUT2D eigenvalue weighted by atomic mass is 16.6. The van der Waals surface area contributed by atoms with Gasteiger partial charge in [0.2, 0.25) is 0 Å². The molecule has 2 aromatic heterocycles. The van der Waals surface area contributed by atoms with E-state index in [9.17, 15) is 19.6 Å². The molecular formula is C45H48N6O4. The van der Waals surface area contributed by atoms with Crippen LogP contribution in [0, 0.1) is 25.2 Å². The number of benzene rings is 3. The Morgan fingerprint density at radius 2 is 1.51 bits per heavy atom. The SMILES string of the molecule is Cc1c(N(C(=O)c2cc(-c3cc4c(cc3C(=O)N3Cc5ccccc5C[C@H]3C)CN(C(=O)OC(C)(C)C)CC4)n(C)c2C)c2ccccc2)cc(C#N)n1C. The molecule has 0 N–H and O–H groups in total. The quantitative estimate of drug-likeness (QED) is 0.180. The maximum atomic E-state index is 14.9. The molecule has 0 saturated heterocycles. The van der Waals surface area contributed by atoms with Gasteiger partial charge in [-0.25, -0.2) is 4.79 Å². The lowest BCUT2D eigenvalue weighted by atomic mass is 9.90. The van der Waals surface area contributed by atoms with Gasteiger partial charge in [0.1, 0.15) is 17.4 Å².